The number of hydrogen-bond donors (Lipinski definition) is 1. The van der Waals surface area contributed by atoms with E-state index < -0.39 is 5.97 Å². The number of carbonyl (C=O) groups excluding carboxylic acids is 2. The van der Waals surface area contributed by atoms with Gasteiger partial charge in [-0.3, -0.25) is 4.79 Å². The van der Waals surface area contributed by atoms with E-state index >= 15 is 0 Å². The molecule has 0 saturated heterocycles. The van der Waals surface area contributed by atoms with E-state index in [9.17, 15) is 9.59 Å². The Morgan fingerprint density at radius 2 is 2.24 bits per heavy atom. The van der Waals surface area contributed by atoms with E-state index in [4.69, 9.17) is 4.74 Å². The highest BCUT2D eigenvalue weighted by atomic mass is 16.5. The van der Waals surface area contributed by atoms with Crippen LogP contribution in [0.3, 0.4) is 0 Å². The molecular weight excluding hydrogens is 272 g/mol. The molecule has 0 radical (unpaired) electrons. The minimum atomic E-state index is -0.591. The van der Waals surface area contributed by atoms with Crippen molar-refractivity contribution >= 4 is 17.5 Å². The Morgan fingerprint density at radius 3 is 3.00 bits per heavy atom. The maximum absolute atomic E-state index is 12.1. The zero-order chi connectivity index (χ0) is 15.2. The number of nitrogens with zero attached hydrogens (tertiary/aromatic N) is 3. The lowest BCUT2D eigenvalue weighted by Crippen LogP contribution is -2.29. The van der Waals surface area contributed by atoms with Gasteiger partial charge in [0.15, 0.2) is 12.3 Å². The summed E-state index contributed by atoms with van der Waals surface area (Å²) in [7, 11) is 0. The second-order valence-electron chi connectivity index (χ2n) is 4.63. The van der Waals surface area contributed by atoms with Crippen molar-refractivity contribution in [3.63, 3.8) is 0 Å². The Balaban J connectivity index is 1.99. The summed E-state index contributed by atoms with van der Waals surface area (Å²) in [6.07, 6.45) is 5.17. The van der Waals surface area contributed by atoms with Crippen molar-refractivity contribution in [1.82, 2.24) is 19.9 Å². The summed E-state index contributed by atoms with van der Waals surface area (Å²) in [4.78, 5) is 27.7. The van der Waals surface area contributed by atoms with Crippen LogP contribution >= 0.6 is 0 Å². The zero-order valence-corrected chi connectivity index (χ0v) is 12.1. The van der Waals surface area contributed by atoms with Gasteiger partial charge in [0, 0.05) is 18.9 Å². The first-order chi connectivity index (χ1) is 10.1. The van der Waals surface area contributed by atoms with E-state index in [2.05, 4.69) is 15.4 Å². The van der Waals surface area contributed by atoms with Crippen LogP contribution < -0.4 is 5.32 Å². The Morgan fingerprint density at radius 1 is 1.43 bits per heavy atom. The van der Waals surface area contributed by atoms with Gasteiger partial charge in [-0.15, -0.1) is 0 Å². The van der Waals surface area contributed by atoms with Gasteiger partial charge in [-0.1, -0.05) is 13.3 Å². The Labute approximate surface area is 122 Å². The fourth-order valence-corrected chi connectivity index (χ4v) is 1.89. The summed E-state index contributed by atoms with van der Waals surface area (Å²) in [6, 6.07) is 1.72. The number of esters is 1. The second kappa shape index (κ2) is 6.83. The Bertz CT molecular complexity index is 651. The number of unbranched alkanes of at least 4 members (excludes halogenated alkanes) is 1. The summed E-state index contributed by atoms with van der Waals surface area (Å²) in [5.41, 5.74) is 1.23. The molecule has 2 heterocycles. The van der Waals surface area contributed by atoms with E-state index in [0.717, 1.165) is 12.8 Å². The van der Waals surface area contributed by atoms with Gasteiger partial charge in [0.2, 0.25) is 0 Å². The maximum Gasteiger partial charge on any atom is 0.344 e. The van der Waals surface area contributed by atoms with Gasteiger partial charge >= 0.3 is 5.97 Å². The minimum absolute atomic E-state index is 0.289. The largest absolute Gasteiger partial charge is 0.452 e. The van der Waals surface area contributed by atoms with Crippen LogP contribution in [0, 0.1) is 6.92 Å². The predicted molar refractivity (Wildman–Crippen MR) is 75.9 cm³/mol. The second-order valence-corrected chi connectivity index (χ2v) is 4.63. The number of ether oxygens (including phenoxy) is 1. The maximum atomic E-state index is 12.1. The van der Waals surface area contributed by atoms with Crippen LogP contribution in [0.15, 0.2) is 18.5 Å². The van der Waals surface area contributed by atoms with E-state index in [0.29, 0.717) is 17.9 Å². The first kappa shape index (κ1) is 15.0. The molecule has 0 unspecified atom stereocenters. The molecule has 7 nitrogen and oxygen atoms in total. The molecule has 2 aromatic heterocycles. The summed E-state index contributed by atoms with van der Waals surface area (Å²) in [5.74, 6) is -0.897. The Hall–Kier alpha value is -2.44. The molecule has 2 aromatic rings. The first-order valence-corrected chi connectivity index (χ1v) is 6.87. The van der Waals surface area contributed by atoms with Crippen LogP contribution in [-0.2, 0) is 9.53 Å². The lowest BCUT2D eigenvalue weighted by Gasteiger charge is -2.05. The third kappa shape index (κ3) is 3.56. The van der Waals surface area contributed by atoms with Gasteiger partial charge in [-0.2, -0.15) is 5.10 Å². The van der Waals surface area contributed by atoms with Gasteiger partial charge in [0.1, 0.15) is 5.56 Å². The van der Waals surface area contributed by atoms with Gasteiger partial charge < -0.3 is 10.1 Å². The number of aromatic nitrogens is 3. The number of hydrogen-bond acceptors (Lipinski definition) is 5. The number of rotatable bonds is 6. The number of nitrogens with one attached hydrogen (secondary N) is 1. The van der Waals surface area contributed by atoms with Crippen LogP contribution in [0.5, 0.6) is 0 Å². The van der Waals surface area contributed by atoms with E-state index in [-0.39, 0.29) is 18.1 Å². The molecule has 2 rings (SSSR count). The molecule has 0 aromatic carbocycles. The zero-order valence-electron chi connectivity index (χ0n) is 12.1. The predicted octanol–water partition coefficient (Wildman–Crippen LogP) is 1.11. The average molecular weight is 290 g/mol. The van der Waals surface area contributed by atoms with E-state index in [1.165, 1.54) is 4.52 Å². The molecular formula is C14H18N4O3. The number of aryl methyl sites for hydroxylation is 1. The van der Waals surface area contributed by atoms with Gasteiger partial charge in [0.05, 0.1) is 5.69 Å². The van der Waals surface area contributed by atoms with Crippen molar-refractivity contribution in [1.29, 1.82) is 0 Å². The molecule has 0 aliphatic carbocycles. The topological polar surface area (TPSA) is 85.6 Å². The van der Waals surface area contributed by atoms with Crippen molar-refractivity contribution in [2.75, 3.05) is 13.2 Å². The van der Waals surface area contributed by atoms with Crippen LogP contribution in [-0.4, -0.2) is 39.6 Å². The molecule has 0 fully saturated rings. The highest BCUT2D eigenvalue weighted by Gasteiger charge is 2.20. The normalized spacial score (nSPS) is 10.6. The minimum Gasteiger partial charge on any atom is -0.452 e. The molecule has 1 N–H and O–H groups in total. The molecule has 0 bridgehead atoms. The third-order valence-electron chi connectivity index (χ3n) is 2.96. The van der Waals surface area contributed by atoms with Crippen LogP contribution in [0.1, 0.15) is 35.8 Å². The fraction of sp³-hybridized carbons (Fsp3) is 0.429. The van der Waals surface area contributed by atoms with Gasteiger partial charge in [-0.05, 0) is 19.4 Å². The molecule has 0 aliphatic heterocycles. The van der Waals surface area contributed by atoms with Crippen molar-refractivity contribution in [3.8, 4) is 0 Å². The standard InChI is InChI=1S/C14H18N4O3/c1-3-4-6-15-11(19)9-21-14(20)12-10(2)17-18-8-5-7-16-13(12)18/h5,7-8H,3-4,6,9H2,1-2H3,(H,15,19). The molecule has 1 amide bonds. The first-order valence-electron chi connectivity index (χ1n) is 6.87. The van der Waals surface area contributed by atoms with Crippen LogP contribution in [0.2, 0.25) is 0 Å². The molecule has 0 aliphatic rings. The molecule has 0 spiro atoms. The van der Waals surface area contributed by atoms with Crippen molar-refractivity contribution in [3.05, 3.63) is 29.7 Å². The lowest BCUT2D eigenvalue weighted by atomic mass is 10.2. The number of carbonyl (C=O) groups is 2. The molecule has 0 atom stereocenters. The third-order valence-corrected chi connectivity index (χ3v) is 2.96. The summed E-state index contributed by atoms with van der Waals surface area (Å²) < 4.78 is 6.53. The molecule has 0 saturated carbocycles. The van der Waals surface area contributed by atoms with Crippen LogP contribution in [0.25, 0.3) is 5.65 Å². The fourth-order valence-electron chi connectivity index (χ4n) is 1.89. The highest BCUT2D eigenvalue weighted by molar-refractivity contribution is 5.98. The highest BCUT2D eigenvalue weighted by Crippen LogP contribution is 2.13. The number of amides is 1. The summed E-state index contributed by atoms with van der Waals surface area (Å²) >= 11 is 0. The van der Waals surface area contributed by atoms with Gasteiger partial charge in [-0.25, -0.2) is 14.3 Å². The smallest absolute Gasteiger partial charge is 0.344 e. The van der Waals surface area contributed by atoms with Crippen LogP contribution in [0.4, 0.5) is 0 Å². The SMILES string of the molecule is CCCCNC(=O)COC(=O)c1c(C)nn2cccnc12. The average Bonchev–Trinajstić information content (AvgIpc) is 2.81. The summed E-state index contributed by atoms with van der Waals surface area (Å²) in [5, 5.41) is 6.86. The van der Waals surface area contributed by atoms with E-state index in [1.807, 2.05) is 6.92 Å². The molecule has 112 valence electrons. The monoisotopic (exact) mass is 290 g/mol. The van der Waals surface area contributed by atoms with Gasteiger partial charge in [0.25, 0.3) is 5.91 Å². The molecule has 7 heteroatoms. The molecule has 21 heavy (non-hydrogen) atoms. The quantitative estimate of drug-likeness (QED) is 0.636. The Kier molecular flexibility index (Phi) is 4.86. The summed E-state index contributed by atoms with van der Waals surface area (Å²) in [6.45, 7) is 4.02. The number of fused-ring (bicyclic) bond motifs is 1. The van der Waals surface area contributed by atoms with E-state index in [1.54, 1.807) is 25.4 Å². The van der Waals surface area contributed by atoms with Crippen molar-refractivity contribution in [2.45, 2.75) is 26.7 Å². The van der Waals surface area contributed by atoms with Crippen molar-refractivity contribution in [2.24, 2.45) is 0 Å². The van der Waals surface area contributed by atoms with Crippen molar-refractivity contribution < 1.29 is 14.3 Å². The lowest BCUT2D eigenvalue weighted by molar-refractivity contribution is -0.124.